The van der Waals surface area contributed by atoms with Gasteiger partial charge in [0.1, 0.15) is 0 Å². The summed E-state index contributed by atoms with van der Waals surface area (Å²) in [5.74, 6) is 1.10. The van der Waals surface area contributed by atoms with Crippen molar-refractivity contribution in [3.63, 3.8) is 0 Å². The number of anilines is 2. The van der Waals surface area contributed by atoms with Gasteiger partial charge < -0.3 is 20.1 Å². The van der Waals surface area contributed by atoms with Crippen LogP contribution in [0.15, 0.2) is 66.7 Å². The van der Waals surface area contributed by atoms with Crippen molar-refractivity contribution in [2.75, 3.05) is 37.9 Å². The highest BCUT2D eigenvalue weighted by atomic mass is 16.5. The standard InChI is InChI=1S/C27H29N3O4/c1-18(31)28-21-10-7-11-22(15-21)29-26(32)17-30-13-12-20-14-24(33-2)25(34-3)16-23(20)27(30)19-8-5-4-6-9-19/h4-11,14-16,27H,12-13,17H2,1-3H3,(H,28,31)(H,29,32)/t27-/m0/s1. The fraction of sp³-hybridized carbons (Fsp3) is 0.259. The van der Waals surface area contributed by atoms with Gasteiger partial charge in [-0.3, -0.25) is 14.5 Å². The summed E-state index contributed by atoms with van der Waals surface area (Å²) in [6, 6.07) is 21.3. The van der Waals surface area contributed by atoms with Crippen LogP contribution in [0, 0.1) is 0 Å². The summed E-state index contributed by atoms with van der Waals surface area (Å²) >= 11 is 0. The molecule has 1 heterocycles. The zero-order valence-electron chi connectivity index (χ0n) is 19.6. The summed E-state index contributed by atoms with van der Waals surface area (Å²) in [6.07, 6.45) is 0.796. The highest BCUT2D eigenvalue weighted by Crippen LogP contribution is 2.40. The SMILES string of the molecule is COc1cc2c(cc1OC)[C@H](c1ccccc1)N(CC(=O)Nc1cccc(NC(C)=O)c1)CC2. The van der Waals surface area contributed by atoms with E-state index in [4.69, 9.17) is 9.47 Å². The number of rotatable bonds is 7. The van der Waals surface area contributed by atoms with Gasteiger partial charge in [0, 0.05) is 24.8 Å². The molecule has 2 N–H and O–H groups in total. The lowest BCUT2D eigenvalue weighted by atomic mass is 9.87. The third-order valence-corrected chi connectivity index (χ3v) is 5.90. The zero-order valence-corrected chi connectivity index (χ0v) is 19.6. The average Bonchev–Trinajstić information content (AvgIpc) is 2.83. The first-order valence-corrected chi connectivity index (χ1v) is 11.2. The van der Waals surface area contributed by atoms with E-state index in [2.05, 4.69) is 27.7 Å². The minimum atomic E-state index is -0.159. The topological polar surface area (TPSA) is 79.9 Å². The molecule has 1 aliphatic rings. The average molecular weight is 460 g/mol. The van der Waals surface area contributed by atoms with Crippen LogP contribution in [0.2, 0.25) is 0 Å². The molecule has 1 atom stereocenters. The maximum atomic E-state index is 13.0. The van der Waals surface area contributed by atoms with Gasteiger partial charge in [-0.1, -0.05) is 36.4 Å². The molecule has 1 aliphatic heterocycles. The molecule has 0 radical (unpaired) electrons. The second-order valence-corrected chi connectivity index (χ2v) is 8.25. The van der Waals surface area contributed by atoms with Crippen molar-refractivity contribution in [2.24, 2.45) is 0 Å². The van der Waals surface area contributed by atoms with Crippen molar-refractivity contribution in [3.05, 3.63) is 83.4 Å². The van der Waals surface area contributed by atoms with E-state index >= 15 is 0 Å². The van der Waals surface area contributed by atoms with Crippen LogP contribution < -0.4 is 20.1 Å². The van der Waals surface area contributed by atoms with Gasteiger partial charge in [0.2, 0.25) is 11.8 Å². The first kappa shape index (κ1) is 23.3. The second-order valence-electron chi connectivity index (χ2n) is 8.25. The predicted molar refractivity (Wildman–Crippen MR) is 132 cm³/mol. The lowest BCUT2D eigenvalue weighted by Gasteiger charge is -2.37. The number of fused-ring (bicyclic) bond motifs is 1. The highest BCUT2D eigenvalue weighted by Gasteiger charge is 2.31. The minimum absolute atomic E-state index is 0.0961. The molecule has 0 spiro atoms. The van der Waals surface area contributed by atoms with Crippen molar-refractivity contribution < 1.29 is 19.1 Å². The minimum Gasteiger partial charge on any atom is -0.493 e. The number of nitrogens with zero attached hydrogens (tertiary/aromatic N) is 1. The Labute approximate surface area is 199 Å². The van der Waals surface area contributed by atoms with Gasteiger partial charge in [-0.2, -0.15) is 0 Å². The van der Waals surface area contributed by atoms with Crippen molar-refractivity contribution >= 4 is 23.2 Å². The van der Waals surface area contributed by atoms with E-state index in [0.717, 1.165) is 24.1 Å². The van der Waals surface area contributed by atoms with Crippen LogP contribution in [0.5, 0.6) is 11.5 Å². The summed E-state index contributed by atoms with van der Waals surface area (Å²) in [5, 5.41) is 5.70. The summed E-state index contributed by atoms with van der Waals surface area (Å²) in [6.45, 7) is 2.40. The van der Waals surface area contributed by atoms with Crippen LogP contribution in [0.1, 0.15) is 29.7 Å². The fourth-order valence-electron chi connectivity index (χ4n) is 4.46. The van der Waals surface area contributed by atoms with E-state index in [0.29, 0.717) is 22.9 Å². The Morgan fingerprint density at radius 3 is 2.26 bits per heavy atom. The smallest absolute Gasteiger partial charge is 0.238 e. The Morgan fingerprint density at radius 1 is 0.912 bits per heavy atom. The number of carbonyl (C=O) groups excluding carboxylic acids is 2. The summed E-state index contributed by atoms with van der Waals surface area (Å²) in [4.78, 5) is 26.6. The Bertz CT molecular complexity index is 1180. The molecule has 0 saturated heterocycles. The van der Waals surface area contributed by atoms with Gasteiger partial charge in [0.25, 0.3) is 0 Å². The molecule has 0 aliphatic carbocycles. The van der Waals surface area contributed by atoms with Crippen molar-refractivity contribution in [3.8, 4) is 11.5 Å². The third-order valence-electron chi connectivity index (χ3n) is 5.90. The molecule has 3 aromatic rings. The molecule has 34 heavy (non-hydrogen) atoms. The van der Waals surface area contributed by atoms with Crippen molar-refractivity contribution in [1.82, 2.24) is 4.90 Å². The molecule has 0 bridgehead atoms. The van der Waals surface area contributed by atoms with Crippen LogP contribution in [0.25, 0.3) is 0 Å². The number of carbonyl (C=O) groups is 2. The molecular formula is C27H29N3O4. The zero-order chi connectivity index (χ0) is 24.1. The van der Waals surface area contributed by atoms with Gasteiger partial charge >= 0.3 is 0 Å². The van der Waals surface area contributed by atoms with Crippen molar-refractivity contribution in [2.45, 2.75) is 19.4 Å². The van der Waals surface area contributed by atoms with E-state index in [9.17, 15) is 9.59 Å². The molecule has 176 valence electrons. The monoisotopic (exact) mass is 459 g/mol. The predicted octanol–water partition coefficient (Wildman–Crippen LogP) is 4.25. The number of hydrogen-bond donors (Lipinski definition) is 2. The van der Waals surface area contributed by atoms with Gasteiger partial charge in [-0.25, -0.2) is 0 Å². The first-order valence-electron chi connectivity index (χ1n) is 11.2. The van der Waals surface area contributed by atoms with Gasteiger partial charge in [0.15, 0.2) is 11.5 Å². The molecule has 2 amide bonds. The molecular weight excluding hydrogens is 430 g/mol. The highest BCUT2D eigenvalue weighted by molar-refractivity contribution is 5.94. The summed E-state index contributed by atoms with van der Waals surface area (Å²) < 4.78 is 11.1. The van der Waals surface area contributed by atoms with E-state index in [1.165, 1.54) is 12.5 Å². The largest absolute Gasteiger partial charge is 0.493 e. The molecule has 7 nitrogen and oxygen atoms in total. The number of nitrogens with one attached hydrogen (secondary N) is 2. The van der Waals surface area contributed by atoms with Gasteiger partial charge in [-0.15, -0.1) is 0 Å². The summed E-state index contributed by atoms with van der Waals surface area (Å²) in [5.41, 5.74) is 4.68. The lowest BCUT2D eigenvalue weighted by molar-refractivity contribution is -0.118. The molecule has 0 aromatic heterocycles. The van der Waals surface area contributed by atoms with E-state index in [1.54, 1.807) is 38.5 Å². The molecule has 7 heteroatoms. The molecule has 4 rings (SSSR count). The van der Waals surface area contributed by atoms with Crippen LogP contribution >= 0.6 is 0 Å². The lowest BCUT2D eigenvalue weighted by Crippen LogP contribution is -2.41. The number of hydrogen-bond acceptors (Lipinski definition) is 5. The van der Waals surface area contributed by atoms with E-state index in [-0.39, 0.29) is 24.4 Å². The fourth-order valence-corrected chi connectivity index (χ4v) is 4.46. The Hall–Kier alpha value is -3.84. The summed E-state index contributed by atoms with van der Waals surface area (Å²) in [7, 11) is 3.27. The Balaban J connectivity index is 1.60. The van der Waals surface area contributed by atoms with Crippen LogP contribution in [0.3, 0.4) is 0 Å². The normalized spacial score (nSPS) is 15.2. The van der Waals surface area contributed by atoms with Gasteiger partial charge in [0.05, 0.1) is 26.8 Å². The molecule has 0 saturated carbocycles. The van der Waals surface area contributed by atoms with Crippen LogP contribution in [-0.4, -0.2) is 44.0 Å². The number of ether oxygens (including phenoxy) is 2. The van der Waals surface area contributed by atoms with Crippen molar-refractivity contribution in [1.29, 1.82) is 0 Å². The Morgan fingerprint density at radius 2 is 1.59 bits per heavy atom. The molecule has 0 fully saturated rings. The quantitative estimate of drug-likeness (QED) is 0.552. The maximum absolute atomic E-state index is 13.0. The number of amides is 2. The van der Waals surface area contributed by atoms with Gasteiger partial charge in [-0.05, 0) is 53.4 Å². The van der Waals surface area contributed by atoms with E-state index in [1.807, 2.05) is 30.3 Å². The molecule has 0 unspecified atom stereocenters. The maximum Gasteiger partial charge on any atom is 0.238 e. The van der Waals surface area contributed by atoms with E-state index < -0.39 is 0 Å². The van der Waals surface area contributed by atoms with Crippen LogP contribution in [0.4, 0.5) is 11.4 Å². The molecule has 3 aromatic carbocycles. The first-order chi connectivity index (χ1) is 16.5. The van der Waals surface area contributed by atoms with Crippen LogP contribution in [-0.2, 0) is 16.0 Å². The second kappa shape index (κ2) is 10.4. The number of methoxy groups -OCH3 is 2. The number of benzene rings is 3. The Kier molecular flexibility index (Phi) is 7.13. The third kappa shape index (κ3) is 5.21.